The summed E-state index contributed by atoms with van der Waals surface area (Å²) in [7, 11) is 0. The number of hydrogen-bond donors (Lipinski definition) is 2. The SMILES string of the molecule is CC(C)(C)CCNC(=O)[C@H]1CNCCO1. The van der Waals surface area contributed by atoms with E-state index in [9.17, 15) is 4.79 Å². The van der Waals surface area contributed by atoms with Gasteiger partial charge in [-0.05, 0) is 11.8 Å². The minimum Gasteiger partial charge on any atom is -0.366 e. The number of ether oxygens (including phenoxy) is 1. The third kappa shape index (κ3) is 5.14. The molecule has 2 N–H and O–H groups in total. The number of carbonyl (C=O) groups excluding carboxylic acids is 1. The maximum absolute atomic E-state index is 11.6. The average molecular weight is 214 g/mol. The first-order chi connectivity index (χ1) is 6.99. The molecule has 0 aromatic rings. The summed E-state index contributed by atoms with van der Waals surface area (Å²) in [5.74, 6) is 0.00597. The first-order valence-electron chi connectivity index (χ1n) is 5.59. The molecule has 0 spiro atoms. The van der Waals surface area contributed by atoms with Crippen molar-refractivity contribution in [2.24, 2.45) is 5.41 Å². The Hall–Kier alpha value is -0.610. The van der Waals surface area contributed by atoms with Gasteiger partial charge in [0.1, 0.15) is 6.10 Å². The van der Waals surface area contributed by atoms with Crippen molar-refractivity contribution in [3.8, 4) is 0 Å². The van der Waals surface area contributed by atoms with Crippen LogP contribution in [0.15, 0.2) is 0 Å². The zero-order chi connectivity index (χ0) is 11.3. The van der Waals surface area contributed by atoms with E-state index < -0.39 is 0 Å². The van der Waals surface area contributed by atoms with Crippen LogP contribution in [0.4, 0.5) is 0 Å². The van der Waals surface area contributed by atoms with Crippen LogP contribution < -0.4 is 10.6 Å². The Morgan fingerprint density at radius 3 is 2.80 bits per heavy atom. The lowest BCUT2D eigenvalue weighted by Gasteiger charge is -2.24. The first-order valence-corrected chi connectivity index (χ1v) is 5.59. The summed E-state index contributed by atoms with van der Waals surface area (Å²) >= 11 is 0. The number of carbonyl (C=O) groups is 1. The summed E-state index contributed by atoms with van der Waals surface area (Å²) in [6.45, 7) is 9.31. The van der Waals surface area contributed by atoms with Crippen LogP contribution in [-0.2, 0) is 9.53 Å². The summed E-state index contributed by atoms with van der Waals surface area (Å²) in [4.78, 5) is 11.6. The summed E-state index contributed by atoms with van der Waals surface area (Å²) < 4.78 is 5.35. The van der Waals surface area contributed by atoms with E-state index in [1.54, 1.807) is 0 Å². The molecule has 4 heteroatoms. The van der Waals surface area contributed by atoms with Crippen LogP contribution in [0.3, 0.4) is 0 Å². The fraction of sp³-hybridized carbons (Fsp3) is 0.909. The van der Waals surface area contributed by atoms with E-state index in [4.69, 9.17) is 4.74 Å². The predicted octanol–water partition coefficient (Wildman–Crippen LogP) is 0.527. The molecule has 0 saturated carbocycles. The Labute approximate surface area is 91.8 Å². The smallest absolute Gasteiger partial charge is 0.250 e. The van der Waals surface area contributed by atoms with Gasteiger partial charge in [0.15, 0.2) is 0 Å². The van der Waals surface area contributed by atoms with E-state index in [-0.39, 0.29) is 17.4 Å². The highest BCUT2D eigenvalue weighted by atomic mass is 16.5. The van der Waals surface area contributed by atoms with Gasteiger partial charge in [0, 0.05) is 19.6 Å². The molecule has 88 valence electrons. The minimum absolute atomic E-state index is 0.00597. The molecule has 15 heavy (non-hydrogen) atoms. The molecular weight excluding hydrogens is 192 g/mol. The second-order valence-corrected chi connectivity index (χ2v) is 5.17. The van der Waals surface area contributed by atoms with Crippen molar-refractivity contribution >= 4 is 5.91 Å². The minimum atomic E-state index is -0.307. The fourth-order valence-corrected chi connectivity index (χ4v) is 1.41. The zero-order valence-corrected chi connectivity index (χ0v) is 9.93. The quantitative estimate of drug-likeness (QED) is 0.720. The Bertz CT molecular complexity index is 205. The van der Waals surface area contributed by atoms with Crippen LogP contribution in [0.5, 0.6) is 0 Å². The van der Waals surface area contributed by atoms with Crippen LogP contribution in [0.2, 0.25) is 0 Å². The molecule has 1 rings (SSSR count). The van der Waals surface area contributed by atoms with Gasteiger partial charge in [-0.2, -0.15) is 0 Å². The Balaban J connectivity index is 2.17. The van der Waals surface area contributed by atoms with E-state index in [0.29, 0.717) is 13.2 Å². The molecule has 0 bridgehead atoms. The van der Waals surface area contributed by atoms with Gasteiger partial charge in [-0.25, -0.2) is 0 Å². The van der Waals surface area contributed by atoms with Crippen molar-refractivity contribution in [1.29, 1.82) is 0 Å². The number of hydrogen-bond acceptors (Lipinski definition) is 3. The highest BCUT2D eigenvalue weighted by Crippen LogP contribution is 2.16. The average Bonchev–Trinajstić information content (AvgIpc) is 2.17. The molecule has 1 aliphatic rings. The molecule has 1 fully saturated rings. The van der Waals surface area contributed by atoms with E-state index in [1.165, 1.54) is 0 Å². The van der Waals surface area contributed by atoms with Crippen LogP contribution in [-0.4, -0.2) is 38.3 Å². The third-order valence-electron chi connectivity index (χ3n) is 2.39. The lowest BCUT2D eigenvalue weighted by Crippen LogP contribution is -2.48. The number of amides is 1. The molecule has 1 saturated heterocycles. The van der Waals surface area contributed by atoms with Gasteiger partial charge >= 0.3 is 0 Å². The summed E-state index contributed by atoms with van der Waals surface area (Å²) in [6, 6.07) is 0. The molecular formula is C11H22N2O2. The lowest BCUT2D eigenvalue weighted by atomic mass is 9.92. The van der Waals surface area contributed by atoms with Gasteiger partial charge in [-0.1, -0.05) is 20.8 Å². The molecule has 0 unspecified atom stereocenters. The second kappa shape index (κ2) is 5.47. The normalized spacial score (nSPS) is 22.5. The predicted molar refractivity (Wildman–Crippen MR) is 59.7 cm³/mol. The first kappa shape index (κ1) is 12.5. The zero-order valence-electron chi connectivity index (χ0n) is 9.93. The van der Waals surface area contributed by atoms with Crippen LogP contribution in [0.1, 0.15) is 27.2 Å². The van der Waals surface area contributed by atoms with Gasteiger partial charge in [0.25, 0.3) is 0 Å². The molecule has 0 aromatic heterocycles. The highest BCUT2D eigenvalue weighted by Gasteiger charge is 2.21. The fourth-order valence-electron chi connectivity index (χ4n) is 1.41. The number of morpholine rings is 1. The van der Waals surface area contributed by atoms with Crippen molar-refractivity contribution in [1.82, 2.24) is 10.6 Å². The third-order valence-corrected chi connectivity index (χ3v) is 2.39. The maximum atomic E-state index is 11.6. The number of rotatable bonds is 3. The standard InChI is InChI=1S/C11H22N2O2/c1-11(2,3)4-5-13-10(14)9-8-12-6-7-15-9/h9,12H,4-8H2,1-3H3,(H,13,14)/t9-/m1/s1. The molecule has 1 amide bonds. The highest BCUT2D eigenvalue weighted by molar-refractivity contribution is 5.81. The van der Waals surface area contributed by atoms with E-state index in [2.05, 4.69) is 31.4 Å². The topological polar surface area (TPSA) is 50.4 Å². The Morgan fingerprint density at radius 2 is 2.27 bits per heavy atom. The summed E-state index contributed by atoms with van der Waals surface area (Å²) in [5, 5.41) is 6.04. The molecule has 1 heterocycles. The van der Waals surface area contributed by atoms with E-state index >= 15 is 0 Å². The molecule has 0 aliphatic carbocycles. The van der Waals surface area contributed by atoms with Crippen LogP contribution in [0, 0.1) is 5.41 Å². The van der Waals surface area contributed by atoms with Crippen LogP contribution >= 0.6 is 0 Å². The molecule has 0 radical (unpaired) electrons. The maximum Gasteiger partial charge on any atom is 0.250 e. The van der Waals surface area contributed by atoms with Gasteiger partial charge in [0.2, 0.25) is 5.91 Å². The van der Waals surface area contributed by atoms with Crippen molar-refractivity contribution in [2.75, 3.05) is 26.2 Å². The van der Waals surface area contributed by atoms with Gasteiger partial charge < -0.3 is 15.4 Å². The van der Waals surface area contributed by atoms with Crippen molar-refractivity contribution in [2.45, 2.75) is 33.3 Å². The molecule has 0 aromatic carbocycles. The summed E-state index contributed by atoms with van der Waals surface area (Å²) in [5.41, 5.74) is 0.263. The lowest BCUT2D eigenvalue weighted by molar-refractivity contribution is -0.134. The summed E-state index contributed by atoms with van der Waals surface area (Å²) in [6.07, 6.45) is 0.678. The second-order valence-electron chi connectivity index (χ2n) is 5.17. The van der Waals surface area contributed by atoms with E-state index in [0.717, 1.165) is 19.5 Å². The largest absolute Gasteiger partial charge is 0.366 e. The Kier molecular flexibility index (Phi) is 4.54. The molecule has 4 nitrogen and oxygen atoms in total. The van der Waals surface area contributed by atoms with Crippen molar-refractivity contribution in [3.05, 3.63) is 0 Å². The molecule has 1 atom stereocenters. The van der Waals surface area contributed by atoms with Gasteiger partial charge in [-0.3, -0.25) is 4.79 Å². The van der Waals surface area contributed by atoms with Crippen LogP contribution in [0.25, 0.3) is 0 Å². The van der Waals surface area contributed by atoms with E-state index in [1.807, 2.05) is 0 Å². The number of nitrogens with one attached hydrogen (secondary N) is 2. The Morgan fingerprint density at radius 1 is 1.53 bits per heavy atom. The van der Waals surface area contributed by atoms with Gasteiger partial charge in [-0.15, -0.1) is 0 Å². The van der Waals surface area contributed by atoms with Crippen molar-refractivity contribution in [3.63, 3.8) is 0 Å². The molecule has 1 aliphatic heterocycles. The van der Waals surface area contributed by atoms with Crippen molar-refractivity contribution < 1.29 is 9.53 Å². The monoisotopic (exact) mass is 214 g/mol. The van der Waals surface area contributed by atoms with Gasteiger partial charge in [0.05, 0.1) is 6.61 Å².